The molecule has 100 valence electrons. The Hall–Kier alpha value is -1.87. The first-order valence-electron chi connectivity index (χ1n) is 6.61. The molecule has 0 radical (unpaired) electrons. The summed E-state index contributed by atoms with van der Waals surface area (Å²) in [6.45, 7) is 2.21. The van der Waals surface area contributed by atoms with E-state index in [0.29, 0.717) is 19.4 Å². The minimum Gasteiger partial charge on any atom is -0.391 e. The van der Waals surface area contributed by atoms with Crippen LogP contribution < -0.4 is 5.32 Å². The molecule has 0 saturated heterocycles. The topological polar surface area (TPSA) is 49.3 Å². The third-order valence-electron chi connectivity index (χ3n) is 3.18. The van der Waals surface area contributed by atoms with Gasteiger partial charge < -0.3 is 10.4 Å². The van der Waals surface area contributed by atoms with Crippen LogP contribution in [0.4, 0.5) is 0 Å². The van der Waals surface area contributed by atoms with Gasteiger partial charge in [-0.2, -0.15) is 0 Å². The summed E-state index contributed by atoms with van der Waals surface area (Å²) in [5.74, 6) is -0.0530. The van der Waals surface area contributed by atoms with E-state index in [1.54, 1.807) is 0 Å². The number of carbonyl (C=O) groups excluding carboxylic acids is 1. The first-order valence-corrected chi connectivity index (χ1v) is 6.61. The fraction of sp³-hybridized carbons (Fsp3) is 0.312. The van der Waals surface area contributed by atoms with Gasteiger partial charge in [-0.15, -0.1) is 0 Å². The number of hydrogen-bond acceptors (Lipinski definition) is 2. The minimum absolute atomic E-state index is 0.0530. The molecule has 2 N–H and O–H groups in total. The largest absolute Gasteiger partial charge is 0.391 e. The number of hydrogen-bond donors (Lipinski definition) is 2. The summed E-state index contributed by atoms with van der Waals surface area (Å²) in [7, 11) is 0. The molecule has 2 aromatic carbocycles. The van der Waals surface area contributed by atoms with Crippen LogP contribution in [0.5, 0.6) is 0 Å². The zero-order valence-corrected chi connectivity index (χ0v) is 11.1. The zero-order valence-electron chi connectivity index (χ0n) is 11.1. The summed E-state index contributed by atoms with van der Waals surface area (Å²) in [6, 6.07) is 14.1. The molecule has 0 aromatic heterocycles. The normalized spacial score (nSPS) is 12.3. The molecule has 0 aliphatic heterocycles. The predicted octanol–water partition coefficient (Wildman–Crippen LogP) is 2.27. The standard InChI is InChI=1S/C16H19NO2/c1-2-15(18)11-17-16(19)10-12-7-8-13-5-3-4-6-14(13)9-12/h3-9,15,18H,2,10-11H2,1H3,(H,17,19). The summed E-state index contributed by atoms with van der Waals surface area (Å²) < 4.78 is 0. The van der Waals surface area contributed by atoms with Crippen LogP contribution in [0.3, 0.4) is 0 Å². The molecule has 1 atom stereocenters. The molecule has 1 amide bonds. The number of amides is 1. The number of aliphatic hydroxyl groups is 1. The number of rotatable bonds is 5. The lowest BCUT2D eigenvalue weighted by Crippen LogP contribution is -2.32. The molecule has 0 spiro atoms. The van der Waals surface area contributed by atoms with Gasteiger partial charge in [-0.05, 0) is 22.8 Å². The summed E-state index contributed by atoms with van der Waals surface area (Å²) in [6.07, 6.45) is 0.540. The molecule has 1 unspecified atom stereocenters. The van der Waals surface area contributed by atoms with Crippen LogP contribution in [0.25, 0.3) is 10.8 Å². The fourth-order valence-corrected chi connectivity index (χ4v) is 1.97. The Balaban J connectivity index is 1.99. The molecule has 0 aliphatic rings. The summed E-state index contributed by atoms with van der Waals surface area (Å²) in [5, 5.41) is 14.5. The maximum atomic E-state index is 11.7. The highest BCUT2D eigenvalue weighted by Gasteiger charge is 2.06. The van der Waals surface area contributed by atoms with E-state index in [1.165, 1.54) is 5.39 Å². The Morgan fingerprint density at radius 2 is 1.95 bits per heavy atom. The highest BCUT2D eigenvalue weighted by atomic mass is 16.3. The van der Waals surface area contributed by atoms with Crippen molar-refractivity contribution in [3.63, 3.8) is 0 Å². The number of benzene rings is 2. The smallest absolute Gasteiger partial charge is 0.224 e. The van der Waals surface area contributed by atoms with E-state index in [9.17, 15) is 9.90 Å². The zero-order chi connectivity index (χ0) is 13.7. The Morgan fingerprint density at radius 1 is 1.21 bits per heavy atom. The summed E-state index contributed by atoms with van der Waals surface area (Å²) in [4.78, 5) is 11.7. The van der Waals surface area contributed by atoms with Crippen molar-refractivity contribution in [3.05, 3.63) is 48.0 Å². The first kappa shape index (κ1) is 13.6. The second kappa shape index (κ2) is 6.34. The number of fused-ring (bicyclic) bond motifs is 1. The molecule has 3 nitrogen and oxygen atoms in total. The third-order valence-corrected chi connectivity index (χ3v) is 3.18. The lowest BCUT2D eigenvalue weighted by molar-refractivity contribution is -0.120. The highest BCUT2D eigenvalue weighted by Crippen LogP contribution is 2.15. The van der Waals surface area contributed by atoms with Crippen molar-refractivity contribution in [1.82, 2.24) is 5.32 Å². The molecule has 3 heteroatoms. The maximum Gasteiger partial charge on any atom is 0.224 e. The number of aliphatic hydroxyl groups excluding tert-OH is 1. The van der Waals surface area contributed by atoms with Crippen LogP contribution in [-0.4, -0.2) is 23.7 Å². The van der Waals surface area contributed by atoms with Crippen molar-refractivity contribution in [2.45, 2.75) is 25.9 Å². The van der Waals surface area contributed by atoms with E-state index >= 15 is 0 Å². The number of carbonyl (C=O) groups is 1. The van der Waals surface area contributed by atoms with Crippen LogP contribution in [0.2, 0.25) is 0 Å². The molecule has 2 rings (SSSR count). The van der Waals surface area contributed by atoms with E-state index < -0.39 is 6.10 Å². The lowest BCUT2D eigenvalue weighted by Gasteiger charge is -2.09. The van der Waals surface area contributed by atoms with Gasteiger partial charge in [0.2, 0.25) is 5.91 Å². The van der Waals surface area contributed by atoms with E-state index in [4.69, 9.17) is 0 Å². The molecule has 0 saturated carbocycles. The molecule has 2 aromatic rings. The average Bonchev–Trinajstić information content (AvgIpc) is 2.44. The maximum absolute atomic E-state index is 11.7. The Bertz CT molecular complexity index is 565. The number of nitrogens with one attached hydrogen (secondary N) is 1. The minimum atomic E-state index is -0.458. The fourth-order valence-electron chi connectivity index (χ4n) is 1.97. The van der Waals surface area contributed by atoms with Crippen molar-refractivity contribution < 1.29 is 9.90 Å². The van der Waals surface area contributed by atoms with E-state index in [1.807, 2.05) is 43.3 Å². The van der Waals surface area contributed by atoms with Crippen LogP contribution in [0, 0.1) is 0 Å². The lowest BCUT2D eigenvalue weighted by atomic mass is 10.0. The molecule has 19 heavy (non-hydrogen) atoms. The molecular formula is C16H19NO2. The van der Waals surface area contributed by atoms with Crippen molar-refractivity contribution in [2.75, 3.05) is 6.54 Å². The summed E-state index contributed by atoms with van der Waals surface area (Å²) in [5.41, 5.74) is 0.988. The van der Waals surface area contributed by atoms with Gasteiger partial charge in [-0.3, -0.25) is 4.79 Å². The van der Waals surface area contributed by atoms with Crippen molar-refractivity contribution in [2.24, 2.45) is 0 Å². The van der Waals surface area contributed by atoms with Gasteiger partial charge in [0.15, 0.2) is 0 Å². The SMILES string of the molecule is CCC(O)CNC(=O)Cc1ccc2ccccc2c1. The molecule has 0 bridgehead atoms. The predicted molar refractivity (Wildman–Crippen MR) is 77.0 cm³/mol. The first-order chi connectivity index (χ1) is 9.19. The highest BCUT2D eigenvalue weighted by molar-refractivity contribution is 5.85. The third kappa shape index (κ3) is 3.80. The monoisotopic (exact) mass is 257 g/mol. The molecule has 0 fully saturated rings. The molecule has 0 heterocycles. The molecular weight excluding hydrogens is 238 g/mol. The Kier molecular flexibility index (Phi) is 4.53. The van der Waals surface area contributed by atoms with Gasteiger partial charge in [0.25, 0.3) is 0 Å². The quantitative estimate of drug-likeness (QED) is 0.863. The van der Waals surface area contributed by atoms with Crippen molar-refractivity contribution in [3.8, 4) is 0 Å². The second-order valence-electron chi connectivity index (χ2n) is 4.72. The van der Waals surface area contributed by atoms with Gasteiger partial charge in [-0.25, -0.2) is 0 Å². The van der Waals surface area contributed by atoms with Crippen molar-refractivity contribution in [1.29, 1.82) is 0 Å². The van der Waals surface area contributed by atoms with Gasteiger partial charge in [0.1, 0.15) is 0 Å². The van der Waals surface area contributed by atoms with Crippen LogP contribution in [0.1, 0.15) is 18.9 Å². The van der Waals surface area contributed by atoms with Crippen LogP contribution in [-0.2, 0) is 11.2 Å². The van der Waals surface area contributed by atoms with Crippen LogP contribution >= 0.6 is 0 Å². The molecule has 0 aliphatic carbocycles. The van der Waals surface area contributed by atoms with E-state index in [-0.39, 0.29) is 5.91 Å². The second-order valence-corrected chi connectivity index (χ2v) is 4.72. The van der Waals surface area contributed by atoms with Crippen LogP contribution in [0.15, 0.2) is 42.5 Å². The van der Waals surface area contributed by atoms with Gasteiger partial charge >= 0.3 is 0 Å². The Morgan fingerprint density at radius 3 is 2.68 bits per heavy atom. The summed E-state index contributed by atoms with van der Waals surface area (Å²) >= 11 is 0. The van der Waals surface area contributed by atoms with Gasteiger partial charge in [0.05, 0.1) is 12.5 Å². The van der Waals surface area contributed by atoms with Gasteiger partial charge in [0, 0.05) is 6.54 Å². The van der Waals surface area contributed by atoms with E-state index in [2.05, 4.69) is 11.4 Å². The van der Waals surface area contributed by atoms with Crippen molar-refractivity contribution >= 4 is 16.7 Å². The van der Waals surface area contributed by atoms with Gasteiger partial charge in [-0.1, -0.05) is 49.4 Å². The van der Waals surface area contributed by atoms with E-state index in [0.717, 1.165) is 10.9 Å². The average molecular weight is 257 g/mol. The Labute approximate surface area is 113 Å².